The minimum Gasteiger partial charge on any atom is -0.451 e. The molecule has 23 nitrogen and oxygen atoms in total. The highest BCUT2D eigenvalue weighted by Crippen LogP contribution is 2.53. The third kappa shape index (κ3) is 17.0. The zero-order valence-electron chi connectivity index (χ0n) is 46.2. The summed E-state index contributed by atoms with van der Waals surface area (Å²) in [6.07, 6.45) is -4.43. The van der Waals surface area contributed by atoms with Crippen molar-refractivity contribution >= 4 is 102 Å². The van der Waals surface area contributed by atoms with Crippen molar-refractivity contribution < 1.29 is 164 Å². The summed E-state index contributed by atoms with van der Waals surface area (Å²) in [6, 6.07) is 13.5. The molecule has 4 rings (SSSR count). The number of fused-ring (bicyclic) bond motifs is 1. The average molecular weight is 1440 g/mol. The highest BCUT2D eigenvalue weighted by Gasteiger charge is 2.84. The normalized spacial score (nSPS) is 13.4. The van der Waals surface area contributed by atoms with Gasteiger partial charge in [0, 0.05) is 22.1 Å². The van der Waals surface area contributed by atoms with Crippen LogP contribution < -0.4 is 8.37 Å². The fraction of sp³-hybridized carbons (Fsp3) is 0.300. The Kier molecular flexibility index (Phi) is 24.5. The second-order valence-corrected chi connectivity index (χ2v) is 26.1. The predicted molar refractivity (Wildman–Crippen MR) is 286 cm³/mol. The lowest BCUT2D eigenvalue weighted by Crippen LogP contribution is -2.61. The van der Waals surface area contributed by atoms with E-state index >= 15 is 0 Å². The molecule has 0 spiro atoms. The molecule has 0 heterocycles. The van der Waals surface area contributed by atoms with E-state index in [-0.39, 0.29) is 38.8 Å². The third-order valence-electron chi connectivity index (χ3n) is 11.4. The Morgan fingerprint density at radius 2 is 0.783 bits per heavy atom. The van der Waals surface area contributed by atoms with Crippen LogP contribution in [0, 0.1) is 0 Å². The van der Waals surface area contributed by atoms with Gasteiger partial charge >= 0.3 is 94.7 Å². The van der Waals surface area contributed by atoms with Crippen molar-refractivity contribution in [3.8, 4) is 11.5 Å². The maximum atomic E-state index is 14.1. The number of hydrogen-bond donors (Lipinski definition) is 3. The standard InChI is InChI=1S/C19H14F6O8S2.C16H16F2O7S.C15H12F6O8S2/c1-10(2)14(26)9-15(27)12-7-8-16(13-6-4-3-5-11(12)13)33-35(31,32)19(24,25)17(20,21)18(22,23)34(28,29)30;1-9(2)13(19)8-14(20)11-6-4-5-7-12(11)15(21)25-10(3)16(17,18)26(22,23)24;1-8(2)11(22)7-12(23)9-3-5-10(6-4-9)29-31(27,28)15(20,21)13(16,17)14(18,19)30(24,25)26/h3-8H,1,9H2,2H3,(H,28,29,30);4-7,10H,1,8H2,2-3H3,(H,22,23,24);3-6H,1,7H2,2H3,(H,24,25,26). The number of carbonyl (C=O) groups is 7. The summed E-state index contributed by atoms with van der Waals surface area (Å²) < 4.78 is 337. The quantitative estimate of drug-likeness (QED) is 0.00906. The van der Waals surface area contributed by atoms with Crippen LogP contribution in [0.25, 0.3) is 10.8 Å². The van der Waals surface area contributed by atoms with Gasteiger partial charge in [-0.25, -0.2) is 4.79 Å². The summed E-state index contributed by atoms with van der Waals surface area (Å²) >= 11 is 0. The van der Waals surface area contributed by atoms with E-state index < -0.39 is 177 Å². The van der Waals surface area contributed by atoms with Gasteiger partial charge in [-0.3, -0.25) is 42.4 Å². The third-order valence-corrected chi connectivity index (χ3v) is 16.9. The molecule has 0 radical (unpaired) electrons. The lowest BCUT2D eigenvalue weighted by molar-refractivity contribution is -0.247. The molecule has 1 unspecified atom stereocenters. The molecule has 3 N–H and O–H groups in total. The number of hydrogen-bond acceptors (Lipinski definition) is 20. The number of halogens is 14. The number of allylic oxidation sites excluding steroid dienone is 3. The SMILES string of the molecule is C=C(C)C(=O)CC(=O)c1ccc(OS(=O)(=O)C(F)(F)C(F)(F)C(F)(F)S(=O)(=O)O)c2ccccc12.C=C(C)C(=O)CC(=O)c1ccc(OS(=O)(=O)C(F)(F)C(F)(F)C(F)(F)S(=O)(=O)O)cc1.C=C(C)C(=O)CC(=O)c1ccccc1C(=O)OC(C)C(F)(F)S(=O)(=O)O. The molecule has 4 aromatic rings. The van der Waals surface area contributed by atoms with E-state index in [0.717, 1.165) is 36.4 Å². The van der Waals surface area contributed by atoms with Gasteiger partial charge in [0.2, 0.25) is 0 Å². The average Bonchev–Trinajstić information content (AvgIpc) is 0.730. The highest BCUT2D eigenvalue weighted by molar-refractivity contribution is 7.89. The van der Waals surface area contributed by atoms with Crippen molar-refractivity contribution in [2.45, 2.75) is 91.2 Å². The molecule has 0 fully saturated rings. The molecule has 0 aromatic heterocycles. The smallest absolute Gasteiger partial charge is 0.450 e. The molecule has 92 heavy (non-hydrogen) atoms. The molecule has 0 aliphatic carbocycles. The zero-order chi connectivity index (χ0) is 72.1. The van der Waals surface area contributed by atoms with Crippen LogP contribution in [0.1, 0.15) is 88.4 Å². The van der Waals surface area contributed by atoms with Crippen LogP contribution in [0.5, 0.6) is 11.5 Å². The van der Waals surface area contributed by atoms with E-state index in [1.165, 1.54) is 51.1 Å². The number of ether oxygens (including phenoxy) is 1. The van der Waals surface area contributed by atoms with Crippen LogP contribution in [-0.2, 0) is 69.7 Å². The van der Waals surface area contributed by atoms with Crippen LogP contribution in [-0.4, -0.2) is 141 Å². The van der Waals surface area contributed by atoms with E-state index in [1.54, 1.807) is 0 Å². The molecule has 1 atom stereocenters. The Labute approximate surface area is 510 Å². The van der Waals surface area contributed by atoms with Crippen LogP contribution in [0.3, 0.4) is 0 Å². The van der Waals surface area contributed by atoms with Gasteiger partial charge in [0.15, 0.2) is 46.6 Å². The number of alkyl halides is 14. The van der Waals surface area contributed by atoms with Crippen molar-refractivity contribution in [3.05, 3.63) is 144 Å². The van der Waals surface area contributed by atoms with Crippen molar-refractivity contribution in [1.82, 2.24) is 0 Å². The Morgan fingerprint density at radius 1 is 0.435 bits per heavy atom. The molecule has 0 bridgehead atoms. The molecule has 0 amide bonds. The molecule has 4 aromatic carbocycles. The summed E-state index contributed by atoms with van der Waals surface area (Å²) in [5, 5.41) is -32.9. The predicted octanol–water partition coefficient (Wildman–Crippen LogP) is 9.23. The first-order valence-electron chi connectivity index (χ1n) is 23.7. The van der Waals surface area contributed by atoms with Crippen molar-refractivity contribution in [3.63, 3.8) is 0 Å². The fourth-order valence-electron chi connectivity index (χ4n) is 6.20. The number of benzene rings is 4. The molecule has 0 aliphatic heterocycles. The van der Waals surface area contributed by atoms with Gasteiger partial charge in [0.05, 0.1) is 24.8 Å². The van der Waals surface area contributed by atoms with Crippen molar-refractivity contribution in [1.29, 1.82) is 0 Å². The van der Waals surface area contributed by atoms with E-state index in [2.05, 4.69) is 32.8 Å². The topological polar surface area (TPSA) is 379 Å². The minimum absolute atomic E-state index is 0.0403. The van der Waals surface area contributed by atoms with Crippen molar-refractivity contribution in [2.24, 2.45) is 0 Å². The van der Waals surface area contributed by atoms with Gasteiger partial charge < -0.3 is 13.1 Å². The minimum atomic E-state index is -7.20. The Balaban J connectivity index is 0.000000475. The number of carbonyl (C=O) groups excluding carboxylic acids is 7. The fourth-order valence-corrected chi connectivity index (χ4v) is 9.54. The first-order chi connectivity index (χ1) is 41.2. The number of ketones is 6. The molecular formula is C50H42F14O23S5. The van der Waals surface area contributed by atoms with Gasteiger partial charge in [-0.15, -0.1) is 0 Å². The van der Waals surface area contributed by atoms with Gasteiger partial charge in [-0.2, -0.15) is 104 Å². The Bertz CT molecular complexity index is 4250. The molecule has 0 aliphatic rings. The monoisotopic (exact) mass is 1440 g/mol. The maximum absolute atomic E-state index is 14.1. The van der Waals surface area contributed by atoms with Gasteiger partial charge in [-0.1, -0.05) is 62.2 Å². The first kappa shape index (κ1) is 80.2. The maximum Gasteiger partial charge on any atom is 0.450 e. The molecule has 0 saturated carbocycles. The lowest BCUT2D eigenvalue weighted by atomic mass is 9.97. The van der Waals surface area contributed by atoms with Crippen molar-refractivity contribution in [2.75, 3.05) is 0 Å². The molecule has 42 heteroatoms. The number of esters is 1. The van der Waals surface area contributed by atoms with Crippen LogP contribution in [0.15, 0.2) is 121 Å². The number of Topliss-reactive ketones (excluding diaryl/α,β-unsaturated/α-hetero) is 6. The largest absolute Gasteiger partial charge is 0.451 e. The lowest BCUT2D eigenvalue weighted by Gasteiger charge is -2.29. The molecule has 0 saturated heterocycles. The van der Waals surface area contributed by atoms with Crippen LogP contribution in [0.2, 0.25) is 0 Å². The van der Waals surface area contributed by atoms with E-state index in [4.69, 9.17) is 13.7 Å². The van der Waals surface area contributed by atoms with Crippen LogP contribution in [0.4, 0.5) is 61.5 Å². The van der Waals surface area contributed by atoms with E-state index in [1.807, 2.05) is 0 Å². The van der Waals surface area contributed by atoms with E-state index in [0.29, 0.717) is 25.1 Å². The van der Waals surface area contributed by atoms with Gasteiger partial charge in [-0.05, 0) is 92.3 Å². The van der Waals surface area contributed by atoms with Gasteiger partial charge in [0.25, 0.3) is 0 Å². The molecular weight excluding hydrogens is 1390 g/mol. The van der Waals surface area contributed by atoms with Crippen LogP contribution >= 0.6 is 0 Å². The summed E-state index contributed by atoms with van der Waals surface area (Å²) in [6.45, 7) is 14.7. The Morgan fingerprint density at radius 3 is 1.16 bits per heavy atom. The summed E-state index contributed by atoms with van der Waals surface area (Å²) in [5.41, 5.74) is -0.952. The van der Waals surface area contributed by atoms with Gasteiger partial charge in [0.1, 0.15) is 5.75 Å². The zero-order valence-corrected chi connectivity index (χ0v) is 50.3. The number of rotatable bonds is 28. The summed E-state index contributed by atoms with van der Waals surface area (Å²) in [7, 11) is -34.2. The Hall–Kier alpha value is -7.90. The van der Waals surface area contributed by atoms with E-state index in [9.17, 15) is 137 Å². The summed E-state index contributed by atoms with van der Waals surface area (Å²) in [4.78, 5) is 83.4. The second-order valence-electron chi connectivity index (χ2n) is 18.5. The summed E-state index contributed by atoms with van der Waals surface area (Å²) in [5.74, 6) is -22.2. The first-order valence-corrected chi connectivity index (χ1v) is 30.8. The molecule has 508 valence electrons. The second kappa shape index (κ2) is 28.1. The highest BCUT2D eigenvalue weighted by atomic mass is 32.2.